The lowest BCUT2D eigenvalue weighted by molar-refractivity contribution is -0.384. The van der Waals surface area contributed by atoms with Gasteiger partial charge in [-0.25, -0.2) is 4.98 Å². The van der Waals surface area contributed by atoms with Crippen molar-refractivity contribution in [3.63, 3.8) is 0 Å². The molecule has 0 aliphatic heterocycles. The number of nitrogens with zero attached hydrogens (tertiary/aromatic N) is 3. The highest BCUT2D eigenvalue weighted by atomic mass is 16.6. The Bertz CT molecular complexity index is 619. The van der Waals surface area contributed by atoms with Gasteiger partial charge in [0, 0.05) is 31.4 Å². The minimum absolute atomic E-state index is 0.0000578. The van der Waals surface area contributed by atoms with Gasteiger partial charge in [-0.3, -0.25) is 10.1 Å². The fourth-order valence-electron chi connectivity index (χ4n) is 2.36. The van der Waals surface area contributed by atoms with Gasteiger partial charge in [0.15, 0.2) is 0 Å². The number of likely N-dealkylation sites (N-methyl/N-ethyl adjacent to an activating group) is 1. The third-order valence-corrected chi connectivity index (χ3v) is 3.25. The minimum atomic E-state index is -0.421. The van der Waals surface area contributed by atoms with E-state index in [4.69, 9.17) is 0 Å². The zero-order valence-corrected chi connectivity index (χ0v) is 12.8. The molecule has 1 heterocycles. The molecule has 2 aromatic rings. The highest BCUT2D eigenvalue weighted by Gasteiger charge is 2.16. The summed E-state index contributed by atoms with van der Waals surface area (Å²) in [6, 6.07) is 13.3. The van der Waals surface area contributed by atoms with Crippen LogP contribution in [0.1, 0.15) is 12.5 Å². The number of hydrogen-bond donors (Lipinski definition) is 1. The van der Waals surface area contributed by atoms with Crippen LogP contribution in [-0.2, 0) is 6.54 Å². The number of nitro groups is 1. The van der Waals surface area contributed by atoms with Crippen molar-refractivity contribution in [1.29, 1.82) is 0 Å². The molecular weight excluding hydrogens is 280 g/mol. The Morgan fingerprint density at radius 1 is 1.27 bits per heavy atom. The molecule has 1 unspecified atom stereocenters. The van der Waals surface area contributed by atoms with E-state index in [0.717, 1.165) is 13.1 Å². The van der Waals surface area contributed by atoms with E-state index < -0.39 is 4.92 Å². The van der Waals surface area contributed by atoms with E-state index in [1.54, 1.807) is 12.3 Å². The first kappa shape index (κ1) is 15.9. The van der Waals surface area contributed by atoms with Gasteiger partial charge in [0.2, 0.25) is 5.82 Å². The molecule has 1 N–H and O–H groups in total. The fraction of sp³-hybridized carbons (Fsp3) is 0.312. The zero-order valence-electron chi connectivity index (χ0n) is 12.8. The average molecular weight is 300 g/mol. The maximum absolute atomic E-state index is 11.0. The van der Waals surface area contributed by atoms with E-state index in [1.807, 2.05) is 32.2 Å². The Morgan fingerprint density at radius 3 is 2.68 bits per heavy atom. The number of anilines is 1. The molecule has 0 amide bonds. The van der Waals surface area contributed by atoms with Gasteiger partial charge in [0.25, 0.3) is 0 Å². The molecule has 6 heteroatoms. The van der Waals surface area contributed by atoms with Crippen molar-refractivity contribution in [2.45, 2.75) is 19.5 Å². The summed E-state index contributed by atoms with van der Waals surface area (Å²) in [5.74, 6) is 0.313. The highest BCUT2D eigenvalue weighted by molar-refractivity contribution is 5.55. The third-order valence-electron chi connectivity index (χ3n) is 3.25. The Hall–Kier alpha value is -2.47. The van der Waals surface area contributed by atoms with E-state index in [9.17, 15) is 10.1 Å². The summed E-state index contributed by atoms with van der Waals surface area (Å²) >= 11 is 0. The number of nitrogens with one attached hydrogen (secondary N) is 1. The van der Waals surface area contributed by atoms with Gasteiger partial charge in [-0.2, -0.15) is 0 Å². The van der Waals surface area contributed by atoms with E-state index in [1.165, 1.54) is 11.6 Å². The second-order valence-electron chi connectivity index (χ2n) is 5.36. The molecule has 0 radical (unpaired) electrons. The van der Waals surface area contributed by atoms with E-state index >= 15 is 0 Å². The first-order chi connectivity index (χ1) is 10.6. The van der Waals surface area contributed by atoms with Gasteiger partial charge in [-0.05, 0) is 25.6 Å². The summed E-state index contributed by atoms with van der Waals surface area (Å²) in [5, 5.41) is 14.1. The SMILES string of the molecule is CC(CN(C)Cc1ccccc1)Nc1ncccc1[N+](=O)[O-]. The lowest BCUT2D eigenvalue weighted by Gasteiger charge is -2.22. The van der Waals surface area contributed by atoms with Crippen LogP contribution < -0.4 is 5.32 Å². The first-order valence-corrected chi connectivity index (χ1v) is 7.14. The predicted octanol–water partition coefficient (Wildman–Crippen LogP) is 2.92. The van der Waals surface area contributed by atoms with Gasteiger partial charge in [-0.1, -0.05) is 30.3 Å². The number of pyridine rings is 1. The molecule has 2 rings (SSSR count). The van der Waals surface area contributed by atoms with E-state index in [-0.39, 0.29) is 11.7 Å². The monoisotopic (exact) mass is 300 g/mol. The molecule has 6 nitrogen and oxygen atoms in total. The molecule has 1 atom stereocenters. The molecule has 0 saturated heterocycles. The Kier molecular flexibility index (Phi) is 5.43. The molecular formula is C16H20N4O2. The maximum Gasteiger partial charge on any atom is 0.311 e. The van der Waals surface area contributed by atoms with Crippen LogP contribution in [0.4, 0.5) is 11.5 Å². The smallest absolute Gasteiger partial charge is 0.311 e. The molecule has 1 aromatic heterocycles. The quantitative estimate of drug-likeness (QED) is 0.629. The van der Waals surface area contributed by atoms with Crippen molar-refractivity contribution in [1.82, 2.24) is 9.88 Å². The van der Waals surface area contributed by atoms with E-state index in [2.05, 4.69) is 27.3 Å². The van der Waals surface area contributed by atoms with Crippen molar-refractivity contribution >= 4 is 11.5 Å². The van der Waals surface area contributed by atoms with Crippen molar-refractivity contribution in [3.05, 3.63) is 64.3 Å². The summed E-state index contributed by atoms with van der Waals surface area (Å²) in [7, 11) is 2.03. The summed E-state index contributed by atoms with van der Waals surface area (Å²) in [4.78, 5) is 16.8. The minimum Gasteiger partial charge on any atom is -0.361 e. The molecule has 0 fully saturated rings. The summed E-state index contributed by atoms with van der Waals surface area (Å²) in [6.07, 6.45) is 1.55. The first-order valence-electron chi connectivity index (χ1n) is 7.14. The van der Waals surface area contributed by atoms with Crippen LogP contribution in [-0.4, -0.2) is 34.4 Å². The number of aromatic nitrogens is 1. The summed E-state index contributed by atoms with van der Waals surface area (Å²) < 4.78 is 0. The largest absolute Gasteiger partial charge is 0.361 e. The lowest BCUT2D eigenvalue weighted by atomic mass is 10.2. The normalized spacial score (nSPS) is 12.1. The van der Waals surface area contributed by atoms with Crippen LogP contribution in [0, 0.1) is 10.1 Å². The van der Waals surface area contributed by atoms with Crippen molar-refractivity contribution in [3.8, 4) is 0 Å². The molecule has 1 aromatic carbocycles. The second kappa shape index (κ2) is 7.51. The topological polar surface area (TPSA) is 71.3 Å². The molecule has 0 aliphatic carbocycles. The molecule has 0 saturated carbocycles. The lowest BCUT2D eigenvalue weighted by Crippen LogP contribution is -2.32. The molecule has 0 aliphatic rings. The van der Waals surface area contributed by atoms with Crippen LogP contribution in [0.2, 0.25) is 0 Å². The van der Waals surface area contributed by atoms with Crippen LogP contribution in [0.5, 0.6) is 0 Å². The van der Waals surface area contributed by atoms with Crippen LogP contribution in [0.25, 0.3) is 0 Å². The van der Waals surface area contributed by atoms with Crippen LogP contribution in [0.15, 0.2) is 48.7 Å². The molecule has 0 bridgehead atoms. The Morgan fingerprint density at radius 2 is 2.00 bits per heavy atom. The third kappa shape index (κ3) is 4.53. The highest BCUT2D eigenvalue weighted by Crippen LogP contribution is 2.21. The van der Waals surface area contributed by atoms with E-state index in [0.29, 0.717) is 5.82 Å². The molecule has 0 spiro atoms. The molecule has 116 valence electrons. The number of hydrogen-bond acceptors (Lipinski definition) is 5. The van der Waals surface area contributed by atoms with Gasteiger partial charge in [0.1, 0.15) is 0 Å². The second-order valence-corrected chi connectivity index (χ2v) is 5.36. The number of benzene rings is 1. The van der Waals surface area contributed by atoms with Crippen LogP contribution in [0.3, 0.4) is 0 Å². The maximum atomic E-state index is 11.0. The molecule has 22 heavy (non-hydrogen) atoms. The van der Waals surface area contributed by atoms with Gasteiger partial charge < -0.3 is 10.2 Å². The van der Waals surface area contributed by atoms with Crippen molar-refractivity contribution in [2.24, 2.45) is 0 Å². The fourth-order valence-corrected chi connectivity index (χ4v) is 2.36. The standard InChI is InChI=1S/C16H20N4O2/c1-13(11-19(2)12-14-7-4-3-5-8-14)18-16-15(20(21)22)9-6-10-17-16/h3-10,13H,11-12H2,1-2H3,(H,17,18). The van der Waals surface area contributed by atoms with Gasteiger partial charge in [0.05, 0.1) is 4.92 Å². The van der Waals surface area contributed by atoms with Gasteiger partial charge >= 0.3 is 5.69 Å². The van der Waals surface area contributed by atoms with Crippen LogP contribution >= 0.6 is 0 Å². The Balaban J connectivity index is 1.93. The van der Waals surface area contributed by atoms with Crippen molar-refractivity contribution in [2.75, 3.05) is 18.9 Å². The average Bonchev–Trinajstić information content (AvgIpc) is 2.48. The predicted molar refractivity (Wildman–Crippen MR) is 86.8 cm³/mol. The summed E-state index contributed by atoms with van der Waals surface area (Å²) in [5.41, 5.74) is 1.24. The van der Waals surface area contributed by atoms with Gasteiger partial charge in [-0.15, -0.1) is 0 Å². The zero-order chi connectivity index (χ0) is 15.9. The number of rotatable bonds is 7. The summed E-state index contributed by atoms with van der Waals surface area (Å²) in [6.45, 7) is 3.57. The van der Waals surface area contributed by atoms with Crippen molar-refractivity contribution < 1.29 is 4.92 Å². The Labute approximate surface area is 129 Å².